The van der Waals surface area contributed by atoms with Crippen molar-refractivity contribution in [1.29, 1.82) is 5.26 Å². The lowest BCUT2D eigenvalue weighted by atomic mass is 10.1. The fourth-order valence-electron chi connectivity index (χ4n) is 4.38. The molecule has 0 unspecified atom stereocenters. The maximum atomic E-state index is 13.9. The first-order valence-electron chi connectivity index (χ1n) is 10.9. The summed E-state index contributed by atoms with van der Waals surface area (Å²) in [7, 11) is -4.68. The first-order valence-corrected chi connectivity index (χ1v) is 12.4. The number of carbonyl (C=O) groups excluding carboxylic acids is 1. The van der Waals surface area contributed by atoms with Crippen molar-refractivity contribution in [2.75, 3.05) is 37.7 Å². The van der Waals surface area contributed by atoms with Crippen LogP contribution in [-0.2, 0) is 25.5 Å². The fraction of sp³-hybridized carbons (Fsp3) is 0.571. The van der Waals surface area contributed by atoms with Gasteiger partial charge in [0.2, 0.25) is 5.91 Å². The molecule has 4 rings (SSSR count). The van der Waals surface area contributed by atoms with Crippen LogP contribution in [0.25, 0.3) is 0 Å². The van der Waals surface area contributed by atoms with Crippen LogP contribution in [0.5, 0.6) is 0 Å². The largest absolute Gasteiger partial charge is 0.465 e. The van der Waals surface area contributed by atoms with Crippen molar-refractivity contribution < 1.29 is 41.0 Å². The van der Waals surface area contributed by atoms with Crippen LogP contribution in [0.15, 0.2) is 23.1 Å². The third-order valence-electron chi connectivity index (χ3n) is 6.53. The van der Waals surface area contributed by atoms with Crippen molar-refractivity contribution in [2.24, 2.45) is 0 Å². The number of anilines is 1. The summed E-state index contributed by atoms with van der Waals surface area (Å²) in [6.45, 7) is 0.676. The molecule has 0 spiro atoms. The molecule has 1 aliphatic carbocycles. The third-order valence-corrected chi connectivity index (χ3v) is 8.72. The van der Waals surface area contributed by atoms with E-state index in [4.69, 9.17) is 10.00 Å². The Morgan fingerprint density at radius 3 is 2.43 bits per heavy atom. The fourth-order valence-corrected chi connectivity index (χ4v) is 6.27. The number of morpholine rings is 1. The normalized spacial score (nSPS) is 24.1. The first kappa shape index (κ1) is 25.1. The van der Waals surface area contributed by atoms with Gasteiger partial charge in [0.25, 0.3) is 0 Å². The van der Waals surface area contributed by atoms with Crippen LogP contribution in [0, 0.1) is 11.3 Å². The predicted molar refractivity (Wildman–Crippen MR) is 114 cm³/mol. The number of nitriles is 1. The first-order chi connectivity index (χ1) is 16.4. The summed E-state index contributed by atoms with van der Waals surface area (Å²) in [6, 6.07) is 3.42. The Morgan fingerprint density at radius 2 is 1.89 bits per heavy atom. The molecule has 2 saturated heterocycles. The molecule has 0 bridgehead atoms. The highest BCUT2D eigenvalue weighted by Crippen LogP contribution is 2.40. The highest BCUT2D eigenvalue weighted by atomic mass is 32.2. The molecule has 2 amide bonds. The predicted octanol–water partition coefficient (Wildman–Crippen LogP) is 1.61. The van der Waals surface area contributed by atoms with E-state index in [1.54, 1.807) is 4.90 Å². The number of carbonyl (C=O) groups is 2. The maximum Gasteiger partial charge on any atom is 0.417 e. The lowest BCUT2D eigenvalue weighted by molar-refractivity contribution is -0.139. The van der Waals surface area contributed by atoms with Crippen molar-refractivity contribution in [3.05, 3.63) is 23.8 Å². The Balaban J connectivity index is 1.64. The number of benzene rings is 1. The monoisotopic (exact) mass is 516 g/mol. The lowest BCUT2D eigenvalue weighted by Gasteiger charge is -2.30. The molecule has 3 fully saturated rings. The quantitative estimate of drug-likeness (QED) is 0.602. The van der Waals surface area contributed by atoms with Crippen LogP contribution in [0.1, 0.15) is 24.8 Å². The number of sulfone groups is 1. The second kappa shape index (κ2) is 8.87. The van der Waals surface area contributed by atoms with Crippen molar-refractivity contribution >= 4 is 27.5 Å². The van der Waals surface area contributed by atoms with Gasteiger partial charge in [-0.1, -0.05) is 0 Å². The van der Waals surface area contributed by atoms with Crippen LogP contribution in [0.2, 0.25) is 0 Å². The number of likely N-dealkylation sites (tertiary alicyclic amines) is 1. The zero-order valence-corrected chi connectivity index (χ0v) is 19.2. The van der Waals surface area contributed by atoms with Crippen molar-refractivity contribution in [1.82, 2.24) is 10.2 Å². The molecule has 2 atom stereocenters. The number of amides is 2. The van der Waals surface area contributed by atoms with E-state index in [0.717, 1.165) is 12.1 Å². The van der Waals surface area contributed by atoms with Crippen molar-refractivity contribution in [2.45, 2.75) is 47.2 Å². The molecule has 14 heteroatoms. The van der Waals surface area contributed by atoms with E-state index in [1.807, 2.05) is 6.07 Å². The minimum atomic E-state index is -4.99. The molecule has 35 heavy (non-hydrogen) atoms. The summed E-state index contributed by atoms with van der Waals surface area (Å²) >= 11 is 0. The Kier molecular flexibility index (Phi) is 6.35. The highest BCUT2D eigenvalue weighted by molar-refractivity contribution is 7.92. The minimum absolute atomic E-state index is 0.196. The molecule has 0 radical (unpaired) electrons. The number of alkyl halides is 3. The van der Waals surface area contributed by atoms with Gasteiger partial charge >= 0.3 is 12.3 Å². The second-order valence-corrected chi connectivity index (χ2v) is 11.0. The molecule has 10 nitrogen and oxygen atoms in total. The van der Waals surface area contributed by atoms with Gasteiger partial charge in [-0.15, -0.1) is 0 Å². The lowest BCUT2D eigenvalue weighted by Crippen LogP contribution is -2.49. The summed E-state index contributed by atoms with van der Waals surface area (Å²) in [5, 5.41) is 19.6. The van der Waals surface area contributed by atoms with Crippen molar-refractivity contribution in [3.8, 4) is 6.07 Å². The molecular formula is C21H23F3N4O6S. The number of ether oxygens (including phenoxy) is 1. The number of nitrogens with zero attached hydrogens (tertiary/aromatic N) is 3. The van der Waals surface area contributed by atoms with E-state index in [1.165, 1.54) is 6.07 Å². The van der Waals surface area contributed by atoms with E-state index >= 15 is 0 Å². The van der Waals surface area contributed by atoms with E-state index in [0.29, 0.717) is 44.0 Å². The summed E-state index contributed by atoms with van der Waals surface area (Å²) in [4.78, 5) is 25.7. The van der Waals surface area contributed by atoms with E-state index < -0.39 is 68.3 Å². The molecule has 1 aromatic carbocycles. The van der Waals surface area contributed by atoms with Gasteiger partial charge in [-0.05, 0) is 37.5 Å². The zero-order valence-electron chi connectivity index (χ0n) is 18.4. The van der Waals surface area contributed by atoms with E-state index in [2.05, 4.69) is 5.32 Å². The van der Waals surface area contributed by atoms with Gasteiger partial charge in [-0.25, -0.2) is 13.2 Å². The number of rotatable bonds is 5. The number of nitrogens with one attached hydrogen (secondary N) is 1. The van der Waals surface area contributed by atoms with E-state index in [-0.39, 0.29) is 5.69 Å². The van der Waals surface area contributed by atoms with Gasteiger partial charge in [-0.3, -0.25) is 9.69 Å². The minimum Gasteiger partial charge on any atom is -0.465 e. The van der Waals surface area contributed by atoms with Gasteiger partial charge in [0.15, 0.2) is 9.84 Å². The molecule has 190 valence electrons. The highest BCUT2D eigenvalue weighted by Gasteiger charge is 2.51. The van der Waals surface area contributed by atoms with Gasteiger partial charge in [-0.2, -0.15) is 18.4 Å². The SMILES string of the molecule is N#CC1(NC(=O)[C@@H]2C[C@@H](S(=O)(=O)c3ccc(N4CCOCC4)cc3C(F)(F)F)CN2C(=O)O)CC1. The molecule has 3 aliphatic rings. The topological polar surface area (TPSA) is 140 Å². The standard InChI is InChI=1S/C21H23F3N4O6S/c22-21(23,24)15-9-13(27-5-7-34-8-6-27)1-2-17(15)35(32,33)14-10-16(28(11-14)19(30)31)18(29)26-20(12-25)3-4-20/h1-2,9,14,16H,3-8,10-11H2,(H,26,29)(H,30,31)/t14-,16+/m1/s1. The summed E-state index contributed by atoms with van der Waals surface area (Å²) < 4.78 is 73.7. The molecule has 2 aliphatic heterocycles. The Labute approximate surface area is 199 Å². The van der Waals surface area contributed by atoms with Crippen molar-refractivity contribution in [3.63, 3.8) is 0 Å². The Morgan fingerprint density at radius 1 is 1.23 bits per heavy atom. The molecular weight excluding hydrogens is 493 g/mol. The van der Waals surface area contributed by atoms with Crippen LogP contribution >= 0.6 is 0 Å². The average Bonchev–Trinajstić information content (AvgIpc) is 3.42. The average molecular weight is 516 g/mol. The van der Waals surface area contributed by atoms with Crippen LogP contribution in [-0.4, -0.2) is 80.1 Å². The summed E-state index contributed by atoms with van der Waals surface area (Å²) in [5.74, 6) is -0.845. The Bertz CT molecular complexity index is 1170. The number of halogens is 3. The van der Waals surface area contributed by atoms with Gasteiger partial charge in [0.05, 0.1) is 35.0 Å². The van der Waals surface area contributed by atoms with E-state index in [9.17, 15) is 36.3 Å². The zero-order chi connectivity index (χ0) is 25.6. The number of carboxylic acid groups (broad SMARTS) is 1. The summed E-state index contributed by atoms with van der Waals surface area (Å²) in [5.41, 5.74) is -2.27. The number of hydrogen-bond donors (Lipinski definition) is 2. The maximum absolute atomic E-state index is 13.9. The molecule has 2 heterocycles. The van der Waals surface area contributed by atoms with Gasteiger partial charge in [0.1, 0.15) is 11.6 Å². The molecule has 0 aromatic heterocycles. The number of hydrogen-bond acceptors (Lipinski definition) is 7. The summed E-state index contributed by atoms with van der Waals surface area (Å²) in [6.07, 6.45) is -6.34. The molecule has 2 N–H and O–H groups in total. The van der Waals surface area contributed by atoms with Crippen LogP contribution in [0.4, 0.5) is 23.7 Å². The van der Waals surface area contributed by atoms with Crippen LogP contribution < -0.4 is 10.2 Å². The van der Waals surface area contributed by atoms with Crippen LogP contribution in [0.3, 0.4) is 0 Å². The third kappa shape index (κ3) is 4.87. The van der Waals surface area contributed by atoms with Gasteiger partial charge < -0.3 is 20.1 Å². The Hall–Kier alpha value is -3.05. The second-order valence-electron chi connectivity index (χ2n) is 8.81. The molecule has 1 saturated carbocycles. The molecule has 1 aromatic rings. The van der Waals surface area contributed by atoms with Gasteiger partial charge in [0, 0.05) is 25.3 Å². The smallest absolute Gasteiger partial charge is 0.417 e.